The number of aromatic amines is 1. The number of imidazole rings is 1. The molecule has 11 nitrogen and oxygen atoms in total. The first kappa shape index (κ1) is 27.6. The fourth-order valence-electron chi connectivity index (χ4n) is 4.85. The van der Waals surface area contributed by atoms with Crippen LogP contribution in [0.1, 0.15) is 41.1 Å². The van der Waals surface area contributed by atoms with Crippen molar-refractivity contribution in [2.75, 3.05) is 6.54 Å². The molecule has 3 aromatic heterocycles. The van der Waals surface area contributed by atoms with Crippen LogP contribution in [0.25, 0.3) is 5.57 Å². The summed E-state index contributed by atoms with van der Waals surface area (Å²) in [5.41, 5.74) is 1.69. The van der Waals surface area contributed by atoms with E-state index in [9.17, 15) is 21.6 Å². The molecule has 1 saturated heterocycles. The number of rotatable bonds is 9. The van der Waals surface area contributed by atoms with Gasteiger partial charge in [-0.2, -0.15) is 31.7 Å². The van der Waals surface area contributed by atoms with E-state index in [1.165, 1.54) is 35.7 Å². The molecule has 4 aromatic rings. The average molecular weight is 624 g/mol. The van der Waals surface area contributed by atoms with Gasteiger partial charge in [0.05, 0.1) is 12.2 Å². The highest BCUT2D eigenvalue weighted by molar-refractivity contribution is 7.87. The summed E-state index contributed by atoms with van der Waals surface area (Å²) < 4.78 is 72.4. The molecule has 0 aliphatic carbocycles. The summed E-state index contributed by atoms with van der Waals surface area (Å²) in [5, 5.41) is 6.51. The summed E-state index contributed by atoms with van der Waals surface area (Å²) in [4.78, 5) is 18.0. The Kier molecular flexibility index (Phi) is 7.41. The number of fused-ring (bicyclic) bond motifs is 1. The Morgan fingerprint density at radius 1 is 1.22 bits per heavy atom. The number of aromatic nitrogens is 5. The molecule has 0 radical (unpaired) electrons. The molecule has 41 heavy (non-hydrogen) atoms. The van der Waals surface area contributed by atoms with Crippen molar-refractivity contribution in [3.8, 4) is 0 Å². The SMILES string of the molecule is O=S(=O)(NCc1ncc[nH]1)N[C@H]1CC2=C(c3ccn(C(F)F)n3)[C@H](c3ccc(F)cc3Cl)N=C(c3nccs3)N2C1. The quantitative estimate of drug-likeness (QED) is 0.259. The van der Waals surface area contributed by atoms with Gasteiger partial charge >= 0.3 is 6.55 Å². The van der Waals surface area contributed by atoms with E-state index >= 15 is 0 Å². The molecule has 2 atom stereocenters. The highest BCUT2D eigenvalue weighted by Gasteiger charge is 2.42. The predicted molar refractivity (Wildman–Crippen MR) is 146 cm³/mol. The largest absolute Gasteiger partial charge is 0.347 e. The number of aliphatic imine (C=N–C) groups is 1. The van der Waals surface area contributed by atoms with Crippen LogP contribution in [-0.2, 0) is 16.8 Å². The van der Waals surface area contributed by atoms with E-state index in [1.807, 2.05) is 4.90 Å². The first-order valence-corrected chi connectivity index (χ1v) is 14.9. The molecule has 0 bridgehead atoms. The fraction of sp³-hybridized carbons (Fsp3) is 0.250. The zero-order valence-corrected chi connectivity index (χ0v) is 23.3. The Balaban J connectivity index is 1.42. The van der Waals surface area contributed by atoms with E-state index in [0.717, 1.165) is 12.3 Å². The monoisotopic (exact) mass is 623 g/mol. The lowest BCUT2D eigenvalue weighted by Gasteiger charge is -2.32. The minimum absolute atomic E-state index is 0.0469. The number of hydrogen-bond acceptors (Lipinski definition) is 8. The van der Waals surface area contributed by atoms with Crippen LogP contribution >= 0.6 is 22.9 Å². The molecule has 0 unspecified atom stereocenters. The van der Waals surface area contributed by atoms with Crippen molar-refractivity contribution in [1.82, 2.24) is 39.1 Å². The molecule has 6 rings (SSSR count). The van der Waals surface area contributed by atoms with Gasteiger partial charge in [-0.15, -0.1) is 11.3 Å². The predicted octanol–water partition coefficient (Wildman–Crippen LogP) is 3.86. The summed E-state index contributed by atoms with van der Waals surface area (Å²) in [6.07, 6.45) is 6.03. The van der Waals surface area contributed by atoms with E-state index in [-0.39, 0.29) is 30.2 Å². The second kappa shape index (κ2) is 11.0. The normalized spacial score (nSPS) is 19.2. The van der Waals surface area contributed by atoms with Gasteiger partial charge in [-0.3, -0.25) is 4.99 Å². The van der Waals surface area contributed by atoms with E-state index in [4.69, 9.17) is 16.6 Å². The van der Waals surface area contributed by atoms with Crippen LogP contribution < -0.4 is 9.44 Å². The highest BCUT2D eigenvalue weighted by Crippen LogP contribution is 2.46. The van der Waals surface area contributed by atoms with Gasteiger partial charge < -0.3 is 9.88 Å². The third-order valence-corrected chi connectivity index (χ3v) is 8.80. The number of nitrogens with zero attached hydrogens (tertiary/aromatic N) is 6. The van der Waals surface area contributed by atoms with Gasteiger partial charge in [0, 0.05) is 71.0 Å². The van der Waals surface area contributed by atoms with Crippen LogP contribution in [0.5, 0.6) is 0 Å². The maximum atomic E-state index is 14.0. The lowest BCUT2D eigenvalue weighted by molar-refractivity contribution is 0.0564. The molecule has 1 aromatic carbocycles. The molecular formula is C24H21ClF3N9O2S2. The van der Waals surface area contributed by atoms with Crippen LogP contribution in [0.3, 0.4) is 0 Å². The van der Waals surface area contributed by atoms with Crippen LogP contribution in [-0.4, -0.2) is 56.5 Å². The topological polar surface area (TPSA) is 133 Å². The third-order valence-electron chi connectivity index (χ3n) is 6.53. The molecule has 1 fully saturated rings. The molecule has 5 heterocycles. The fourth-order valence-corrected chi connectivity index (χ4v) is 6.77. The zero-order chi connectivity index (χ0) is 28.7. The Morgan fingerprint density at radius 2 is 2.07 bits per heavy atom. The highest BCUT2D eigenvalue weighted by atomic mass is 35.5. The van der Waals surface area contributed by atoms with Crippen molar-refractivity contribution in [2.24, 2.45) is 4.99 Å². The Hall–Kier alpha value is -3.57. The van der Waals surface area contributed by atoms with E-state index < -0.39 is 34.7 Å². The van der Waals surface area contributed by atoms with Crippen molar-refractivity contribution >= 4 is 44.6 Å². The summed E-state index contributed by atoms with van der Waals surface area (Å²) in [5.74, 6) is 0.340. The van der Waals surface area contributed by atoms with Crippen LogP contribution in [0.4, 0.5) is 13.2 Å². The van der Waals surface area contributed by atoms with Crippen molar-refractivity contribution in [3.05, 3.63) is 93.1 Å². The first-order chi connectivity index (χ1) is 19.7. The third kappa shape index (κ3) is 5.65. The maximum absolute atomic E-state index is 14.0. The Bertz CT molecular complexity index is 1720. The standard InChI is InChI=1S/C24H21ClF3N9O2S2/c25-16-9-13(26)1-2-15(16)21-20(17-3-7-37(34-17)24(27)28)18-10-14(12-36(18)22(33-21)23-31-6-8-40-23)35-41(38,39)32-11-19-29-4-5-30-19/h1-9,14,21,24,32,35H,10-12H2,(H,29,30)/t14-,21-/m0/s1. The molecule has 2 aliphatic rings. The number of thiazole rings is 1. The smallest absolute Gasteiger partial charge is 0.333 e. The maximum Gasteiger partial charge on any atom is 0.333 e. The second-order valence-electron chi connectivity index (χ2n) is 9.17. The molecule has 0 amide bonds. The number of benzene rings is 1. The Labute approximate surface area is 241 Å². The lowest BCUT2D eigenvalue weighted by atomic mass is 9.92. The van der Waals surface area contributed by atoms with E-state index in [2.05, 4.69) is 29.5 Å². The van der Waals surface area contributed by atoms with E-state index in [1.54, 1.807) is 17.8 Å². The minimum atomic E-state index is -3.97. The second-order valence-corrected chi connectivity index (χ2v) is 12.0. The van der Waals surface area contributed by atoms with Gasteiger partial charge in [0.2, 0.25) is 0 Å². The number of halogens is 4. The number of amidine groups is 1. The molecule has 0 spiro atoms. The van der Waals surface area contributed by atoms with Gasteiger partial charge in [0.25, 0.3) is 10.2 Å². The van der Waals surface area contributed by atoms with Crippen molar-refractivity contribution in [2.45, 2.75) is 31.6 Å². The number of nitrogens with one attached hydrogen (secondary N) is 3. The molecule has 17 heteroatoms. The van der Waals surface area contributed by atoms with Crippen LogP contribution in [0, 0.1) is 5.82 Å². The van der Waals surface area contributed by atoms with Crippen LogP contribution in [0.2, 0.25) is 5.02 Å². The van der Waals surface area contributed by atoms with Crippen molar-refractivity contribution < 1.29 is 21.6 Å². The minimum Gasteiger partial charge on any atom is -0.347 e. The lowest BCUT2D eigenvalue weighted by Crippen LogP contribution is -2.44. The van der Waals surface area contributed by atoms with Gasteiger partial charge in [0.15, 0.2) is 10.8 Å². The summed E-state index contributed by atoms with van der Waals surface area (Å²) in [7, 11) is -3.97. The van der Waals surface area contributed by atoms with Gasteiger partial charge in [0.1, 0.15) is 17.7 Å². The van der Waals surface area contributed by atoms with E-state index in [0.29, 0.717) is 38.2 Å². The first-order valence-electron chi connectivity index (χ1n) is 12.2. The summed E-state index contributed by atoms with van der Waals surface area (Å²) in [6.45, 7) is -2.74. The molecule has 214 valence electrons. The zero-order valence-electron chi connectivity index (χ0n) is 20.9. The molecular weight excluding hydrogens is 603 g/mol. The van der Waals surface area contributed by atoms with Gasteiger partial charge in [-0.05, 0) is 18.2 Å². The van der Waals surface area contributed by atoms with Gasteiger partial charge in [-0.1, -0.05) is 17.7 Å². The molecule has 2 aliphatic heterocycles. The summed E-state index contributed by atoms with van der Waals surface area (Å²) in [6, 6.07) is 3.82. The molecule has 0 saturated carbocycles. The number of H-pyrrole nitrogens is 1. The van der Waals surface area contributed by atoms with Crippen molar-refractivity contribution in [3.63, 3.8) is 0 Å². The summed E-state index contributed by atoms with van der Waals surface area (Å²) >= 11 is 7.80. The number of hydrogen-bond donors (Lipinski definition) is 3. The molecule has 3 N–H and O–H groups in total. The average Bonchev–Trinajstić information content (AvgIpc) is 3.73. The Morgan fingerprint density at radius 3 is 2.76 bits per heavy atom. The number of alkyl halides is 2. The van der Waals surface area contributed by atoms with Crippen molar-refractivity contribution in [1.29, 1.82) is 0 Å². The van der Waals surface area contributed by atoms with Crippen LogP contribution in [0.15, 0.2) is 65.1 Å². The van der Waals surface area contributed by atoms with Gasteiger partial charge in [-0.25, -0.2) is 19.0 Å².